The van der Waals surface area contributed by atoms with Gasteiger partial charge in [-0.1, -0.05) is 24.2 Å². The molecule has 1 aromatic carbocycles. The summed E-state index contributed by atoms with van der Waals surface area (Å²) in [5.41, 5.74) is 2.74. The quantitative estimate of drug-likeness (QED) is 0.644. The number of aryl methyl sites for hydroxylation is 1. The fourth-order valence-electron chi connectivity index (χ4n) is 3.32. The molecule has 1 fully saturated rings. The number of nitrogens with zero attached hydrogens (tertiary/aromatic N) is 5. The summed E-state index contributed by atoms with van der Waals surface area (Å²) in [5, 5.41) is 4.07. The van der Waals surface area contributed by atoms with Crippen LogP contribution in [0.15, 0.2) is 41.3 Å². The molecule has 0 N–H and O–H groups in total. The fourth-order valence-corrected chi connectivity index (χ4v) is 3.32. The zero-order valence-electron chi connectivity index (χ0n) is 16.0. The number of ether oxygens (including phenoxy) is 2. The van der Waals surface area contributed by atoms with Crippen LogP contribution in [0.25, 0.3) is 11.4 Å². The van der Waals surface area contributed by atoms with Gasteiger partial charge in [-0.3, -0.25) is 4.90 Å². The summed E-state index contributed by atoms with van der Waals surface area (Å²) >= 11 is 0. The van der Waals surface area contributed by atoms with Crippen LogP contribution in [-0.4, -0.2) is 51.8 Å². The van der Waals surface area contributed by atoms with E-state index in [4.69, 9.17) is 14.0 Å². The molecule has 0 unspecified atom stereocenters. The Morgan fingerprint density at radius 2 is 2.25 bits per heavy atom. The molecule has 1 aliphatic heterocycles. The number of benzene rings is 1. The summed E-state index contributed by atoms with van der Waals surface area (Å²) in [7, 11) is 1.68. The highest BCUT2D eigenvalue weighted by Gasteiger charge is 2.27. The SMILES string of the molecule is CCc1nc(-c2cncnc2[C@H]2CN(Cc3cccc(OC)c3)CCO2)no1. The zero-order chi connectivity index (χ0) is 19.3. The number of hydrogen-bond donors (Lipinski definition) is 0. The normalized spacial score (nSPS) is 17.6. The minimum Gasteiger partial charge on any atom is -0.497 e. The van der Waals surface area contributed by atoms with Gasteiger partial charge in [0.1, 0.15) is 18.2 Å². The van der Waals surface area contributed by atoms with Gasteiger partial charge in [-0.05, 0) is 17.7 Å². The van der Waals surface area contributed by atoms with E-state index in [1.807, 2.05) is 19.1 Å². The van der Waals surface area contributed by atoms with Crippen LogP contribution in [0.4, 0.5) is 0 Å². The molecule has 3 heterocycles. The van der Waals surface area contributed by atoms with Gasteiger partial charge in [0, 0.05) is 32.3 Å². The predicted molar refractivity (Wildman–Crippen MR) is 102 cm³/mol. The van der Waals surface area contributed by atoms with Crippen molar-refractivity contribution in [3.05, 3.63) is 53.9 Å². The largest absolute Gasteiger partial charge is 0.497 e. The maximum Gasteiger partial charge on any atom is 0.226 e. The number of morpholine rings is 1. The third-order valence-corrected chi connectivity index (χ3v) is 4.75. The van der Waals surface area contributed by atoms with Gasteiger partial charge in [0.2, 0.25) is 11.7 Å². The molecule has 0 amide bonds. The van der Waals surface area contributed by atoms with E-state index in [0.29, 0.717) is 24.7 Å². The topological polar surface area (TPSA) is 86.4 Å². The monoisotopic (exact) mass is 381 g/mol. The molecule has 146 valence electrons. The smallest absolute Gasteiger partial charge is 0.226 e. The first kappa shape index (κ1) is 18.5. The maximum absolute atomic E-state index is 6.03. The van der Waals surface area contributed by atoms with Crippen molar-refractivity contribution in [1.82, 2.24) is 25.0 Å². The first-order valence-corrected chi connectivity index (χ1v) is 9.36. The average Bonchev–Trinajstić information content (AvgIpc) is 3.23. The first-order chi connectivity index (χ1) is 13.8. The second-order valence-corrected chi connectivity index (χ2v) is 6.63. The Labute approximate surface area is 163 Å². The molecule has 0 saturated carbocycles. The molecule has 0 spiro atoms. The van der Waals surface area contributed by atoms with Crippen LogP contribution < -0.4 is 4.74 Å². The third-order valence-electron chi connectivity index (χ3n) is 4.75. The van der Waals surface area contributed by atoms with E-state index in [-0.39, 0.29) is 6.10 Å². The molecule has 3 aromatic rings. The number of rotatable bonds is 6. The second-order valence-electron chi connectivity index (χ2n) is 6.63. The molecular weight excluding hydrogens is 358 g/mol. The summed E-state index contributed by atoms with van der Waals surface area (Å²) in [6, 6.07) is 8.13. The zero-order valence-corrected chi connectivity index (χ0v) is 16.0. The molecule has 0 radical (unpaired) electrons. The Kier molecular flexibility index (Phi) is 5.59. The van der Waals surface area contributed by atoms with E-state index in [0.717, 1.165) is 36.6 Å². The summed E-state index contributed by atoms with van der Waals surface area (Å²) in [4.78, 5) is 15.4. The van der Waals surface area contributed by atoms with Gasteiger partial charge in [0.05, 0.1) is 25.0 Å². The lowest BCUT2D eigenvalue weighted by atomic mass is 10.1. The molecule has 2 aromatic heterocycles. The molecule has 28 heavy (non-hydrogen) atoms. The maximum atomic E-state index is 6.03. The Bertz CT molecular complexity index is 929. The van der Waals surface area contributed by atoms with E-state index in [1.165, 1.54) is 11.9 Å². The molecular formula is C20H23N5O3. The fraction of sp³-hybridized carbons (Fsp3) is 0.400. The van der Waals surface area contributed by atoms with Gasteiger partial charge in [0.25, 0.3) is 0 Å². The van der Waals surface area contributed by atoms with E-state index >= 15 is 0 Å². The lowest BCUT2D eigenvalue weighted by molar-refractivity contribution is -0.0347. The summed E-state index contributed by atoms with van der Waals surface area (Å²) in [6.45, 7) is 5.00. The van der Waals surface area contributed by atoms with Crippen LogP contribution in [0, 0.1) is 0 Å². The Morgan fingerprint density at radius 3 is 3.07 bits per heavy atom. The predicted octanol–water partition coefficient (Wildman–Crippen LogP) is 2.67. The van der Waals surface area contributed by atoms with Crippen molar-refractivity contribution in [3.8, 4) is 17.1 Å². The van der Waals surface area contributed by atoms with Crippen LogP contribution in [-0.2, 0) is 17.7 Å². The molecule has 4 rings (SSSR count). The van der Waals surface area contributed by atoms with E-state index < -0.39 is 0 Å². The second kappa shape index (κ2) is 8.45. The molecule has 1 saturated heterocycles. The summed E-state index contributed by atoms with van der Waals surface area (Å²) in [6.07, 6.45) is 3.76. The van der Waals surface area contributed by atoms with Gasteiger partial charge in [-0.25, -0.2) is 9.97 Å². The highest BCUT2D eigenvalue weighted by Crippen LogP contribution is 2.29. The lowest BCUT2D eigenvalue weighted by Gasteiger charge is -2.33. The van der Waals surface area contributed by atoms with Crippen molar-refractivity contribution in [2.75, 3.05) is 26.8 Å². The number of methoxy groups -OCH3 is 1. The van der Waals surface area contributed by atoms with Crippen molar-refractivity contribution in [1.29, 1.82) is 0 Å². The van der Waals surface area contributed by atoms with Crippen molar-refractivity contribution in [2.24, 2.45) is 0 Å². The molecule has 0 aliphatic carbocycles. The van der Waals surface area contributed by atoms with Crippen LogP contribution >= 0.6 is 0 Å². The number of hydrogen-bond acceptors (Lipinski definition) is 8. The van der Waals surface area contributed by atoms with Crippen molar-refractivity contribution in [2.45, 2.75) is 26.0 Å². The van der Waals surface area contributed by atoms with E-state index in [1.54, 1.807) is 13.3 Å². The molecule has 1 atom stereocenters. The third kappa shape index (κ3) is 4.02. The summed E-state index contributed by atoms with van der Waals surface area (Å²) < 4.78 is 16.6. The minimum absolute atomic E-state index is 0.180. The number of aromatic nitrogens is 4. The highest BCUT2D eigenvalue weighted by atomic mass is 16.5. The van der Waals surface area contributed by atoms with Crippen LogP contribution in [0.1, 0.15) is 30.2 Å². The Hall–Kier alpha value is -2.84. The molecule has 8 heteroatoms. The average molecular weight is 381 g/mol. The standard InChI is InChI=1S/C20H23N5O3/c1-3-18-23-20(24-28-18)16-10-21-13-22-19(16)17-12-25(7-8-27-17)11-14-5-4-6-15(9-14)26-2/h4-6,9-10,13,17H,3,7-8,11-12H2,1-2H3/t17-/m1/s1. The van der Waals surface area contributed by atoms with Crippen molar-refractivity contribution in [3.63, 3.8) is 0 Å². The molecule has 0 bridgehead atoms. The van der Waals surface area contributed by atoms with Gasteiger partial charge in [-0.2, -0.15) is 4.98 Å². The van der Waals surface area contributed by atoms with Gasteiger partial charge >= 0.3 is 0 Å². The lowest BCUT2D eigenvalue weighted by Crippen LogP contribution is -2.38. The Morgan fingerprint density at radius 1 is 1.32 bits per heavy atom. The van der Waals surface area contributed by atoms with E-state index in [9.17, 15) is 0 Å². The highest BCUT2D eigenvalue weighted by molar-refractivity contribution is 5.56. The van der Waals surface area contributed by atoms with E-state index in [2.05, 4.69) is 37.1 Å². The van der Waals surface area contributed by atoms with Crippen LogP contribution in [0.3, 0.4) is 0 Å². The Balaban J connectivity index is 1.53. The first-order valence-electron chi connectivity index (χ1n) is 9.36. The van der Waals surface area contributed by atoms with Gasteiger partial charge in [-0.15, -0.1) is 0 Å². The van der Waals surface area contributed by atoms with Crippen LogP contribution in [0.2, 0.25) is 0 Å². The van der Waals surface area contributed by atoms with Crippen molar-refractivity contribution >= 4 is 0 Å². The van der Waals surface area contributed by atoms with Crippen molar-refractivity contribution < 1.29 is 14.0 Å². The van der Waals surface area contributed by atoms with Gasteiger partial charge < -0.3 is 14.0 Å². The van der Waals surface area contributed by atoms with Crippen LogP contribution in [0.5, 0.6) is 5.75 Å². The summed E-state index contributed by atoms with van der Waals surface area (Å²) in [5.74, 6) is 1.96. The van der Waals surface area contributed by atoms with Gasteiger partial charge in [0.15, 0.2) is 0 Å². The molecule has 1 aliphatic rings. The molecule has 8 nitrogen and oxygen atoms in total. The minimum atomic E-state index is -0.180.